The van der Waals surface area contributed by atoms with Crippen LogP contribution in [0.15, 0.2) is 48.5 Å². The Hall–Kier alpha value is -3.90. The summed E-state index contributed by atoms with van der Waals surface area (Å²) >= 11 is 0. The molecule has 1 atom stereocenters. The first kappa shape index (κ1) is 27.3. The maximum Gasteiger partial charge on any atom is 0.258 e. The lowest BCUT2D eigenvalue weighted by Crippen LogP contribution is -2.34. The van der Waals surface area contributed by atoms with Crippen LogP contribution in [-0.4, -0.2) is 27.5 Å². The van der Waals surface area contributed by atoms with Gasteiger partial charge in [-0.25, -0.2) is 0 Å². The number of benzene rings is 3. The Morgan fingerprint density at radius 1 is 1.02 bits per heavy atom. The summed E-state index contributed by atoms with van der Waals surface area (Å²) in [5, 5.41) is 11.7. The summed E-state index contributed by atoms with van der Waals surface area (Å²) in [5.41, 5.74) is 15.5. The Morgan fingerprint density at radius 3 is 2.44 bits per heavy atom. The summed E-state index contributed by atoms with van der Waals surface area (Å²) in [6.07, 6.45) is 2.37. The van der Waals surface area contributed by atoms with Crippen LogP contribution in [0.1, 0.15) is 89.7 Å². The third kappa shape index (κ3) is 4.45. The molecule has 1 aliphatic carbocycles. The summed E-state index contributed by atoms with van der Waals surface area (Å²) in [4.78, 5) is 31.5. The minimum Gasteiger partial charge on any atom is -0.390 e. The third-order valence-corrected chi connectivity index (χ3v) is 9.27. The van der Waals surface area contributed by atoms with Crippen LogP contribution in [0.5, 0.6) is 0 Å². The summed E-state index contributed by atoms with van der Waals surface area (Å²) in [6.45, 7) is 12.9. The quantitative estimate of drug-likeness (QED) is 0.268. The number of fused-ring (bicyclic) bond motifs is 4. The van der Waals surface area contributed by atoms with E-state index in [1.807, 2.05) is 43.0 Å². The van der Waals surface area contributed by atoms with Crippen molar-refractivity contribution in [2.75, 3.05) is 4.90 Å². The highest BCUT2D eigenvalue weighted by atomic mass is 16.3. The van der Waals surface area contributed by atoms with E-state index in [9.17, 15) is 14.7 Å². The Balaban J connectivity index is 1.46. The number of aromatic nitrogens is 1. The zero-order valence-corrected chi connectivity index (χ0v) is 24.8. The van der Waals surface area contributed by atoms with E-state index in [0.717, 1.165) is 62.9 Å². The Bertz CT molecular complexity index is 1730. The predicted molar refractivity (Wildman–Crippen MR) is 164 cm³/mol. The number of nitrogens with two attached hydrogens (primary N) is 1. The zero-order chi connectivity index (χ0) is 29.4. The van der Waals surface area contributed by atoms with E-state index < -0.39 is 11.5 Å². The molecule has 212 valence electrons. The molecule has 0 saturated heterocycles. The fourth-order valence-electron chi connectivity index (χ4n) is 6.76. The van der Waals surface area contributed by atoms with Gasteiger partial charge in [-0.3, -0.25) is 9.59 Å². The van der Waals surface area contributed by atoms with Crippen molar-refractivity contribution in [1.82, 2.24) is 4.98 Å². The highest BCUT2D eigenvalue weighted by Gasteiger charge is 2.34. The number of hydrogen-bond donors (Lipinski definition) is 3. The van der Waals surface area contributed by atoms with E-state index in [-0.39, 0.29) is 17.2 Å². The van der Waals surface area contributed by atoms with E-state index in [2.05, 4.69) is 50.9 Å². The van der Waals surface area contributed by atoms with Crippen molar-refractivity contribution in [3.05, 3.63) is 87.6 Å². The van der Waals surface area contributed by atoms with Gasteiger partial charge in [-0.15, -0.1) is 0 Å². The molecule has 0 spiro atoms. The fourth-order valence-corrected chi connectivity index (χ4v) is 6.76. The summed E-state index contributed by atoms with van der Waals surface area (Å²) in [6, 6.07) is 16.1. The second-order valence-electron chi connectivity index (χ2n) is 13.4. The molecule has 2 heterocycles. The molecule has 2 amide bonds. The minimum atomic E-state index is -0.789. The molecule has 0 fully saturated rings. The molecule has 0 radical (unpaired) electrons. The molecular formula is C35H39N3O3. The zero-order valence-electron chi connectivity index (χ0n) is 24.8. The molecule has 0 saturated carbocycles. The lowest BCUT2D eigenvalue weighted by Gasteiger charge is -2.32. The second-order valence-corrected chi connectivity index (χ2v) is 13.4. The molecule has 1 unspecified atom stereocenters. The average Bonchev–Trinajstić information content (AvgIpc) is 3.44. The number of aromatic amines is 1. The SMILES string of the molecule is Cc1c(-c2ccc(C(N)=O)c3[nH]c4c(c23)CCC(C(C)(C)O)C4)cccc1N1Cc2cc(C(C)(C)C)ccc2C1=O. The topological polar surface area (TPSA) is 99.4 Å². The first-order valence-corrected chi connectivity index (χ1v) is 14.5. The van der Waals surface area contributed by atoms with Crippen LogP contribution < -0.4 is 10.6 Å². The van der Waals surface area contributed by atoms with Gasteiger partial charge in [0.25, 0.3) is 11.8 Å². The molecular weight excluding hydrogens is 510 g/mol. The van der Waals surface area contributed by atoms with Crippen LogP contribution in [0.25, 0.3) is 22.0 Å². The van der Waals surface area contributed by atoms with Crippen molar-refractivity contribution >= 4 is 28.4 Å². The lowest BCUT2D eigenvalue weighted by atomic mass is 9.77. The number of primary amides is 1. The van der Waals surface area contributed by atoms with Gasteiger partial charge >= 0.3 is 0 Å². The molecule has 2 aliphatic rings. The number of amides is 2. The van der Waals surface area contributed by atoms with E-state index in [1.54, 1.807) is 6.07 Å². The molecule has 1 aromatic heterocycles. The highest BCUT2D eigenvalue weighted by Crippen LogP contribution is 2.43. The van der Waals surface area contributed by atoms with E-state index in [4.69, 9.17) is 5.73 Å². The molecule has 1 aliphatic heterocycles. The molecule has 4 aromatic rings. The molecule has 0 bridgehead atoms. The van der Waals surface area contributed by atoms with Crippen LogP contribution >= 0.6 is 0 Å². The third-order valence-electron chi connectivity index (χ3n) is 9.27. The predicted octanol–water partition coefficient (Wildman–Crippen LogP) is 6.58. The van der Waals surface area contributed by atoms with E-state index >= 15 is 0 Å². The largest absolute Gasteiger partial charge is 0.390 e. The van der Waals surface area contributed by atoms with Crippen molar-refractivity contribution in [2.45, 2.75) is 78.4 Å². The number of hydrogen-bond acceptors (Lipinski definition) is 3. The average molecular weight is 550 g/mol. The van der Waals surface area contributed by atoms with Crippen LogP contribution in [0, 0.1) is 12.8 Å². The standard InChI is InChI=1S/C35H39N3O3/c1-19-23(8-7-9-29(19)38-18-20-16-21(34(2,3)4)10-12-24(20)33(38)40)25-14-15-27(32(36)39)31-30(25)26-13-11-22(35(5,6)41)17-28(26)37-31/h7-10,12,14-16,22,37,41H,11,13,17-18H2,1-6H3,(H2,36,39). The Labute approximate surface area is 241 Å². The monoisotopic (exact) mass is 549 g/mol. The molecule has 6 heteroatoms. The number of nitrogens with one attached hydrogen (secondary N) is 1. The molecule has 4 N–H and O–H groups in total. The molecule has 6 nitrogen and oxygen atoms in total. The normalized spacial score (nSPS) is 17.2. The van der Waals surface area contributed by atoms with Gasteiger partial charge in [-0.05, 0) is 103 Å². The van der Waals surface area contributed by atoms with Gasteiger partial charge in [0.1, 0.15) is 0 Å². The number of H-pyrrole nitrogens is 1. The maximum atomic E-state index is 13.6. The second kappa shape index (κ2) is 9.31. The number of anilines is 1. The number of carbonyl (C=O) groups is 2. The first-order valence-electron chi connectivity index (χ1n) is 14.5. The smallest absolute Gasteiger partial charge is 0.258 e. The number of rotatable bonds is 4. The minimum absolute atomic E-state index is 0.00637. The fraction of sp³-hybridized carbons (Fsp3) is 0.371. The molecule has 3 aromatic carbocycles. The summed E-state index contributed by atoms with van der Waals surface area (Å²) < 4.78 is 0. The van der Waals surface area contributed by atoms with Crippen molar-refractivity contribution < 1.29 is 14.7 Å². The van der Waals surface area contributed by atoms with Gasteiger partial charge in [0, 0.05) is 22.3 Å². The van der Waals surface area contributed by atoms with Crippen LogP contribution in [0.2, 0.25) is 0 Å². The van der Waals surface area contributed by atoms with Crippen LogP contribution in [0.3, 0.4) is 0 Å². The van der Waals surface area contributed by atoms with Gasteiger partial charge in [0.05, 0.1) is 23.2 Å². The van der Waals surface area contributed by atoms with Crippen molar-refractivity contribution in [2.24, 2.45) is 11.7 Å². The lowest BCUT2D eigenvalue weighted by molar-refractivity contribution is 0.0107. The number of aliphatic hydroxyl groups is 1. The Kier molecular flexibility index (Phi) is 6.20. The van der Waals surface area contributed by atoms with Crippen molar-refractivity contribution in [3.63, 3.8) is 0 Å². The maximum absolute atomic E-state index is 13.6. The van der Waals surface area contributed by atoms with Gasteiger partial charge in [0.2, 0.25) is 0 Å². The number of carbonyl (C=O) groups excluding carboxylic acids is 2. The Morgan fingerprint density at radius 2 is 1.76 bits per heavy atom. The van der Waals surface area contributed by atoms with Gasteiger partial charge < -0.3 is 20.7 Å². The van der Waals surface area contributed by atoms with Gasteiger partial charge in [0.15, 0.2) is 0 Å². The summed E-state index contributed by atoms with van der Waals surface area (Å²) in [5.74, 6) is -0.332. The van der Waals surface area contributed by atoms with E-state index in [0.29, 0.717) is 18.5 Å². The molecule has 6 rings (SSSR count). The van der Waals surface area contributed by atoms with Crippen LogP contribution in [-0.2, 0) is 24.8 Å². The van der Waals surface area contributed by atoms with Crippen molar-refractivity contribution in [1.29, 1.82) is 0 Å². The first-order chi connectivity index (χ1) is 19.3. The number of aryl methyl sites for hydroxylation is 1. The van der Waals surface area contributed by atoms with Gasteiger partial charge in [-0.1, -0.05) is 51.1 Å². The summed E-state index contributed by atoms with van der Waals surface area (Å²) in [7, 11) is 0. The van der Waals surface area contributed by atoms with E-state index in [1.165, 1.54) is 11.1 Å². The van der Waals surface area contributed by atoms with Crippen LogP contribution in [0.4, 0.5) is 5.69 Å². The number of nitrogens with zero attached hydrogens (tertiary/aromatic N) is 1. The molecule has 41 heavy (non-hydrogen) atoms. The van der Waals surface area contributed by atoms with Crippen molar-refractivity contribution in [3.8, 4) is 11.1 Å². The van der Waals surface area contributed by atoms with Gasteiger partial charge in [-0.2, -0.15) is 0 Å². The highest BCUT2D eigenvalue weighted by molar-refractivity contribution is 6.13.